The molecule has 35 heavy (non-hydrogen) atoms. The van der Waals surface area contributed by atoms with Crippen molar-refractivity contribution in [3.05, 3.63) is 46.5 Å². The summed E-state index contributed by atoms with van der Waals surface area (Å²) >= 11 is 1.46. The number of nitrogens with one attached hydrogen (secondary N) is 2. The summed E-state index contributed by atoms with van der Waals surface area (Å²) in [6, 6.07) is 2.90. The summed E-state index contributed by atoms with van der Waals surface area (Å²) in [6.07, 6.45) is 3.00. The van der Waals surface area contributed by atoms with E-state index in [0.717, 1.165) is 15.8 Å². The van der Waals surface area contributed by atoms with Crippen LogP contribution in [0.2, 0.25) is 0 Å². The maximum absolute atomic E-state index is 13.6. The second-order valence-corrected chi connectivity index (χ2v) is 9.24. The first kappa shape index (κ1) is 26.4. The molecule has 3 aromatic rings. The molecule has 0 unspecified atom stereocenters. The molecule has 1 aliphatic rings. The highest BCUT2D eigenvalue weighted by Crippen LogP contribution is 2.30. The Bertz CT molecular complexity index is 1180. The highest BCUT2D eigenvalue weighted by Gasteiger charge is 2.34. The predicted molar refractivity (Wildman–Crippen MR) is 134 cm³/mol. The zero-order valence-electron chi connectivity index (χ0n) is 20.6. The number of methoxy groups -OCH3 is 1. The first-order chi connectivity index (χ1) is 16.8. The van der Waals surface area contributed by atoms with Gasteiger partial charge in [-0.1, -0.05) is 13.8 Å². The van der Waals surface area contributed by atoms with Gasteiger partial charge in [-0.05, 0) is 31.5 Å². The second-order valence-electron chi connectivity index (χ2n) is 7.99. The monoisotopic (exact) mass is 502 g/mol. The summed E-state index contributed by atoms with van der Waals surface area (Å²) in [7, 11) is 1.55. The summed E-state index contributed by atoms with van der Waals surface area (Å²) in [4.78, 5) is 40.7. The number of aryl methyl sites for hydroxylation is 1. The van der Waals surface area contributed by atoms with Crippen LogP contribution in [0.3, 0.4) is 0 Å². The third-order valence-electron chi connectivity index (χ3n) is 5.34. The van der Waals surface area contributed by atoms with E-state index >= 15 is 0 Å². The van der Waals surface area contributed by atoms with Gasteiger partial charge < -0.3 is 20.3 Å². The number of fused-ring (bicyclic) bond motifs is 1. The van der Waals surface area contributed by atoms with Crippen LogP contribution in [0.25, 0.3) is 10.2 Å². The summed E-state index contributed by atoms with van der Waals surface area (Å²) < 4.78 is 19.2. The molecule has 2 N–H and O–H groups in total. The molecule has 1 aliphatic heterocycles. The van der Waals surface area contributed by atoms with Crippen molar-refractivity contribution in [2.24, 2.45) is 0 Å². The fraction of sp³-hybridized carbons (Fsp3) is 0.458. The second kappa shape index (κ2) is 12.0. The number of anilines is 1. The van der Waals surface area contributed by atoms with Crippen molar-refractivity contribution in [3.8, 4) is 0 Å². The highest BCUT2D eigenvalue weighted by atomic mass is 32.1. The lowest BCUT2D eigenvalue weighted by atomic mass is 10.1. The van der Waals surface area contributed by atoms with Crippen LogP contribution in [0.5, 0.6) is 0 Å². The number of nitrogens with zero attached hydrogens (tertiary/aromatic N) is 4. The third kappa shape index (κ3) is 6.49. The summed E-state index contributed by atoms with van der Waals surface area (Å²) in [5, 5.41) is 6.04. The molecule has 4 heterocycles. The Hall–Kier alpha value is -3.18. The lowest BCUT2D eigenvalue weighted by Gasteiger charge is -2.39. The van der Waals surface area contributed by atoms with E-state index in [2.05, 4.69) is 25.6 Å². The Labute approximate surface area is 208 Å². The Morgan fingerprint density at radius 3 is 2.69 bits per heavy atom. The molecule has 1 saturated heterocycles. The standard InChI is InChI=1S/C22H25FN6O3S.C2H6/c1-12-6-17-20(33-12)19(21(31)29-10-16(11-29)26-18(30)4-5-32-3)28-22(27-17)25-13(2)14-7-15(23)9-24-8-14;1-2/h6-9,13,16H,4-5,10-11H2,1-3H3,(H,26,30)(H,25,27,28);1-2H3/t13-;/m0./s1. The van der Waals surface area contributed by atoms with Gasteiger partial charge in [-0.15, -0.1) is 11.3 Å². The Kier molecular flexibility index (Phi) is 9.05. The summed E-state index contributed by atoms with van der Waals surface area (Å²) in [6.45, 7) is 8.99. The molecule has 11 heteroatoms. The first-order valence-corrected chi connectivity index (χ1v) is 12.4. The highest BCUT2D eigenvalue weighted by molar-refractivity contribution is 7.19. The van der Waals surface area contributed by atoms with Gasteiger partial charge >= 0.3 is 0 Å². The lowest BCUT2D eigenvalue weighted by molar-refractivity contribution is -0.123. The number of likely N-dealkylation sites (tertiary alicyclic amines) is 1. The lowest BCUT2D eigenvalue weighted by Crippen LogP contribution is -2.61. The molecule has 0 saturated carbocycles. The molecule has 4 rings (SSSR count). The fourth-order valence-electron chi connectivity index (χ4n) is 3.58. The molecule has 1 atom stereocenters. The van der Waals surface area contributed by atoms with Gasteiger partial charge in [0, 0.05) is 37.7 Å². The van der Waals surface area contributed by atoms with E-state index in [9.17, 15) is 14.0 Å². The van der Waals surface area contributed by atoms with E-state index in [0.29, 0.717) is 36.5 Å². The molecule has 1 fully saturated rings. The summed E-state index contributed by atoms with van der Waals surface area (Å²) in [5.74, 6) is -0.455. The van der Waals surface area contributed by atoms with Crippen LogP contribution in [-0.4, -0.2) is 64.5 Å². The number of amides is 2. The van der Waals surface area contributed by atoms with E-state index < -0.39 is 5.82 Å². The van der Waals surface area contributed by atoms with Crippen molar-refractivity contribution in [1.82, 2.24) is 25.2 Å². The van der Waals surface area contributed by atoms with Gasteiger partial charge in [0.15, 0.2) is 5.69 Å². The molecular weight excluding hydrogens is 471 g/mol. The number of pyridine rings is 1. The van der Waals surface area contributed by atoms with Gasteiger partial charge in [-0.3, -0.25) is 14.6 Å². The quantitative estimate of drug-likeness (QED) is 0.483. The smallest absolute Gasteiger partial charge is 0.274 e. The maximum atomic E-state index is 13.6. The van der Waals surface area contributed by atoms with Crippen molar-refractivity contribution < 1.29 is 18.7 Å². The van der Waals surface area contributed by atoms with Crippen molar-refractivity contribution in [2.75, 3.05) is 32.1 Å². The topological polar surface area (TPSA) is 109 Å². The van der Waals surface area contributed by atoms with E-state index in [-0.39, 0.29) is 36.3 Å². The van der Waals surface area contributed by atoms with E-state index in [4.69, 9.17) is 4.74 Å². The van der Waals surface area contributed by atoms with Crippen LogP contribution in [0.1, 0.15) is 54.2 Å². The first-order valence-electron chi connectivity index (χ1n) is 11.6. The zero-order valence-corrected chi connectivity index (χ0v) is 21.4. The molecular formula is C24H31FN6O3S. The predicted octanol–water partition coefficient (Wildman–Crippen LogP) is 3.71. The third-order valence-corrected chi connectivity index (χ3v) is 6.38. The van der Waals surface area contributed by atoms with E-state index in [1.807, 2.05) is 33.8 Å². The minimum atomic E-state index is -0.427. The van der Waals surface area contributed by atoms with Gasteiger partial charge in [-0.2, -0.15) is 0 Å². The number of hydrogen-bond donors (Lipinski definition) is 2. The number of halogens is 1. The number of carbonyl (C=O) groups excluding carboxylic acids is 2. The number of aromatic nitrogens is 3. The van der Waals surface area contributed by atoms with Crippen LogP contribution in [-0.2, 0) is 9.53 Å². The fourth-order valence-corrected chi connectivity index (χ4v) is 4.51. The largest absolute Gasteiger partial charge is 0.384 e. The molecule has 9 nitrogen and oxygen atoms in total. The van der Waals surface area contributed by atoms with Crippen LogP contribution in [0.15, 0.2) is 24.5 Å². The number of carbonyl (C=O) groups is 2. The van der Waals surface area contributed by atoms with Crippen molar-refractivity contribution in [2.45, 2.75) is 46.2 Å². The van der Waals surface area contributed by atoms with Crippen LogP contribution < -0.4 is 10.6 Å². The zero-order chi connectivity index (χ0) is 25.5. The van der Waals surface area contributed by atoms with E-state index in [1.165, 1.54) is 17.4 Å². The number of ether oxygens (including phenoxy) is 1. The van der Waals surface area contributed by atoms with Gasteiger partial charge in [0.2, 0.25) is 11.9 Å². The molecule has 188 valence electrons. The normalized spacial score (nSPS) is 14.1. The number of rotatable bonds is 8. The molecule has 0 radical (unpaired) electrons. The van der Waals surface area contributed by atoms with Gasteiger partial charge in [0.05, 0.1) is 35.1 Å². The molecule has 0 aromatic carbocycles. The van der Waals surface area contributed by atoms with Gasteiger partial charge in [-0.25, -0.2) is 14.4 Å². The number of hydrogen-bond acceptors (Lipinski definition) is 8. The molecule has 3 aromatic heterocycles. The molecule has 0 spiro atoms. The average Bonchev–Trinajstić information content (AvgIpc) is 3.20. The minimum Gasteiger partial charge on any atom is -0.384 e. The van der Waals surface area contributed by atoms with Crippen LogP contribution in [0.4, 0.5) is 10.3 Å². The molecule has 2 amide bonds. The van der Waals surface area contributed by atoms with Crippen molar-refractivity contribution in [1.29, 1.82) is 0 Å². The molecule has 0 aliphatic carbocycles. The molecule has 0 bridgehead atoms. The van der Waals surface area contributed by atoms with Crippen molar-refractivity contribution >= 4 is 39.3 Å². The average molecular weight is 503 g/mol. The Balaban J connectivity index is 0.00000167. The minimum absolute atomic E-state index is 0.0844. The Morgan fingerprint density at radius 2 is 2.00 bits per heavy atom. The van der Waals surface area contributed by atoms with Gasteiger partial charge in [0.25, 0.3) is 5.91 Å². The SMILES string of the molecule is CC.COCCC(=O)NC1CN(C(=O)c2nc(N[C@@H](C)c3cncc(F)c3)nc3cc(C)sc23)C1. The van der Waals surface area contributed by atoms with Crippen molar-refractivity contribution in [3.63, 3.8) is 0 Å². The summed E-state index contributed by atoms with van der Waals surface area (Å²) in [5.41, 5.74) is 1.63. The van der Waals surface area contributed by atoms with Crippen LogP contribution in [0, 0.1) is 12.7 Å². The Morgan fingerprint density at radius 1 is 1.26 bits per heavy atom. The number of thiophene rings is 1. The van der Waals surface area contributed by atoms with Gasteiger partial charge in [0.1, 0.15) is 5.82 Å². The van der Waals surface area contributed by atoms with E-state index in [1.54, 1.807) is 18.2 Å². The maximum Gasteiger partial charge on any atom is 0.274 e. The van der Waals surface area contributed by atoms with Crippen LogP contribution >= 0.6 is 11.3 Å².